The lowest BCUT2D eigenvalue weighted by Gasteiger charge is -2.55. The van der Waals surface area contributed by atoms with Crippen molar-refractivity contribution < 1.29 is 13.2 Å². The average molecular weight is 358 g/mol. The van der Waals surface area contributed by atoms with Gasteiger partial charge in [0.05, 0.1) is 16.6 Å². The van der Waals surface area contributed by atoms with E-state index in [1.807, 2.05) is 20.8 Å². The topological polar surface area (TPSA) is 71.0 Å². The molecule has 3 aliphatic rings. The van der Waals surface area contributed by atoms with Crippen molar-refractivity contribution in [1.82, 2.24) is 10.2 Å². The van der Waals surface area contributed by atoms with Crippen LogP contribution in [0.25, 0.3) is 0 Å². The lowest BCUT2D eigenvalue weighted by atomic mass is 9.57. The summed E-state index contributed by atoms with van der Waals surface area (Å²) in [5.74, 6) is 1.57. The van der Waals surface area contributed by atoms with Crippen LogP contribution in [0.2, 0.25) is 0 Å². The first-order chi connectivity index (χ1) is 11.1. The Kier molecular flexibility index (Phi) is 4.40. The quantitative estimate of drug-likeness (QED) is 0.595. The zero-order valence-corrected chi connectivity index (χ0v) is 16.3. The molecule has 2 heterocycles. The monoisotopic (exact) mass is 357 g/mol. The van der Waals surface area contributed by atoms with Gasteiger partial charge in [-0.05, 0) is 27.2 Å². The second-order valence-corrected chi connectivity index (χ2v) is 11.2. The summed E-state index contributed by atoms with van der Waals surface area (Å²) in [6.07, 6.45) is 1.42. The highest BCUT2D eigenvalue weighted by molar-refractivity contribution is 7.92. The molecule has 0 bridgehead atoms. The predicted octanol–water partition coefficient (Wildman–Crippen LogP) is 1.27. The zero-order chi connectivity index (χ0) is 17.8. The number of fused-ring (bicyclic) bond motifs is 1. The Bertz CT molecular complexity index is 627. The molecule has 3 rings (SSSR count). The Balaban J connectivity index is 1.76. The van der Waals surface area contributed by atoms with Crippen LogP contribution in [0.5, 0.6) is 0 Å². The minimum atomic E-state index is -3.04. The smallest absolute Gasteiger partial charge is 0.194 e. The molecule has 0 aromatic carbocycles. The van der Waals surface area contributed by atoms with E-state index in [-0.39, 0.29) is 11.2 Å². The SMILES string of the molecule is CCN=C(NC1C2CCOC2C1(C)C)N1CCS(=O)(=O)C(C)(C)C1. The van der Waals surface area contributed by atoms with E-state index in [1.54, 1.807) is 0 Å². The number of sulfone groups is 1. The fraction of sp³-hybridized carbons (Fsp3) is 0.941. The van der Waals surface area contributed by atoms with Crippen molar-refractivity contribution in [3.05, 3.63) is 0 Å². The summed E-state index contributed by atoms with van der Waals surface area (Å²) in [6, 6.07) is 0.331. The van der Waals surface area contributed by atoms with Crippen LogP contribution in [0.1, 0.15) is 41.0 Å². The van der Waals surface area contributed by atoms with Crippen molar-refractivity contribution in [3.8, 4) is 0 Å². The van der Waals surface area contributed by atoms with Gasteiger partial charge in [0, 0.05) is 43.6 Å². The minimum Gasteiger partial charge on any atom is -0.377 e. The van der Waals surface area contributed by atoms with Gasteiger partial charge in [0.2, 0.25) is 0 Å². The maximum atomic E-state index is 12.3. The third kappa shape index (κ3) is 2.73. The number of ether oxygens (including phenoxy) is 1. The summed E-state index contributed by atoms with van der Waals surface area (Å²) in [4.78, 5) is 6.77. The number of hydrogen-bond acceptors (Lipinski definition) is 4. The highest BCUT2D eigenvalue weighted by atomic mass is 32.2. The summed E-state index contributed by atoms with van der Waals surface area (Å²) in [5, 5.41) is 3.65. The van der Waals surface area contributed by atoms with E-state index >= 15 is 0 Å². The van der Waals surface area contributed by atoms with E-state index in [1.165, 1.54) is 0 Å². The highest BCUT2D eigenvalue weighted by Gasteiger charge is 2.60. The lowest BCUT2D eigenvalue weighted by molar-refractivity contribution is -0.107. The Labute approximate surface area is 146 Å². The van der Waals surface area contributed by atoms with E-state index in [0.717, 1.165) is 19.0 Å². The average Bonchev–Trinajstić information content (AvgIpc) is 2.93. The van der Waals surface area contributed by atoms with Crippen LogP contribution in [-0.4, -0.2) is 68.2 Å². The molecule has 1 saturated carbocycles. The zero-order valence-electron chi connectivity index (χ0n) is 15.5. The van der Waals surface area contributed by atoms with Gasteiger partial charge in [-0.3, -0.25) is 4.99 Å². The van der Waals surface area contributed by atoms with E-state index in [4.69, 9.17) is 4.74 Å². The number of aliphatic imine (C=N–C) groups is 1. The molecule has 3 atom stereocenters. The van der Waals surface area contributed by atoms with Crippen molar-refractivity contribution in [2.45, 2.75) is 57.9 Å². The van der Waals surface area contributed by atoms with Gasteiger partial charge in [0.1, 0.15) is 0 Å². The van der Waals surface area contributed by atoms with E-state index in [0.29, 0.717) is 37.7 Å². The number of hydrogen-bond donors (Lipinski definition) is 1. The maximum Gasteiger partial charge on any atom is 0.194 e. The van der Waals surface area contributed by atoms with Gasteiger partial charge in [-0.1, -0.05) is 13.8 Å². The van der Waals surface area contributed by atoms with Crippen LogP contribution in [0.4, 0.5) is 0 Å². The molecular formula is C17H31N3O3S. The summed E-state index contributed by atoms with van der Waals surface area (Å²) in [6.45, 7) is 12.6. The largest absolute Gasteiger partial charge is 0.377 e. The van der Waals surface area contributed by atoms with Gasteiger partial charge >= 0.3 is 0 Å². The fourth-order valence-electron chi connectivity index (χ4n) is 4.47. The molecule has 1 aliphatic carbocycles. The molecule has 3 unspecified atom stereocenters. The van der Waals surface area contributed by atoms with E-state index in [9.17, 15) is 8.42 Å². The molecule has 0 radical (unpaired) electrons. The van der Waals surface area contributed by atoms with Gasteiger partial charge in [0.25, 0.3) is 0 Å². The van der Waals surface area contributed by atoms with E-state index < -0.39 is 14.6 Å². The molecule has 138 valence electrons. The molecule has 0 spiro atoms. The van der Waals surface area contributed by atoms with Crippen molar-refractivity contribution in [3.63, 3.8) is 0 Å². The second-order valence-electron chi connectivity index (χ2n) is 8.49. The number of nitrogens with one attached hydrogen (secondary N) is 1. The highest BCUT2D eigenvalue weighted by Crippen LogP contribution is 2.52. The van der Waals surface area contributed by atoms with E-state index in [2.05, 4.69) is 29.1 Å². The third-order valence-electron chi connectivity index (χ3n) is 6.04. The summed E-state index contributed by atoms with van der Waals surface area (Å²) < 4.78 is 29.7. The third-order valence-corrected chi connectivity index (χ3v) is 8.57. The predicted molar refractivity (Wildman–Crippen MR) is 96.0 cm³/mol. The standard InChI is InChI=1S/C17H31N3O3S/c1-6-18-15(20-8-10-24(21,22)16(2,3)11-20)19-13-12-7-9-23-14(12)17(13,4)5/h12-14H,6-11H2,1-5H3,(H,18,19). The first-order valence-electron chi connectivity index (χ1n) is 9.00. The Hall–Kier alpha value is -0.820. The Morgan fingerprint density at radius 2 is 2.04 bits per heavy atom. The Morgan fingerprint density at radius 3 is 2.67 bits per heavy atom. The second kappa shape index (κ2) is 5.87. The normalized spacial score (nSPS) is 36.8. The van der Waals surface area contributed by atoms with Crippen LogP contribution in [0, 0.1) is 11.3 Å². The first-order valence-corrected chi connectivity index (χ1v) is 10.7. The molecule has 1 N–H and O–H groups in total. The van der Waals surface area contributed by atoms with Gasteiger partial charge in [-0.15, -0.1) is 0 Å². The van der Waals surface area contributed by atoms with Crippen LogP contribution < -0.4 is 5.32 Å². The Morgan fingerprint density at radius 1 is 1.33 bits per heavy atom. The number of nitrogens with zero attached hydrogens (tertiary/aromatic N) is 2. The van der Waals surface area contributed by atoms with Crippen molar-refractivity contribution in [2.24, 2.45) is 16.3 Å². The van der Waals surface area contributed by atoms with Gasteiger partial charge in [-0.25, -0.2) is 8.42 Å². The molecule has 2 aliphatic heterocycles. The molecule has 2 saturated heterocycles. The molecule has 0 amide bonds. The first kappa shape index (κ1) is 18.0. The molecule has 24 heavy (non-hydrogen) atoms. The van der Waals surface area contributed by atoms with Gasteiger partial charge in [-0.2, -0.15) is 0 Å². The molecule has 0 aromatic heterocycles. The van der Waals surface area contributed by atoms with Gasteiger partial charge in [0.15, 0.2) is 15.8 Å². The lowest BCUT2D eigenvalue weighted by Crippen LogP contribution is -2.69. The van der Waals surface area contributed by atoms with Crippen molar-refractivity contribution in [2.75, 3.05) is 32.0 Å². The van der Waals surface area contributed by atoms with Gasteiger partial charge < -0.3 is 15.0 Å². The summed E-state index contributed by atoms with van der Waals surface area (Å²) >= 11 is 0. The molecule has 7 heteroatoms. The minimum absolute atomic E-state index is 0.0764. The summed E-state index contributed by atoms with van der Waals surface area (Å²) in [7, 11) is -3.04. The van der Waals surface area contributed by atoms with Crippen LogP contribution in [-0.2, 0) is 14.6 Å². The van der Waals surface area contributed by atoms with Crippen LogP contribution in [0.3, 0.4) is 0 Å². The molecule has 6 nitrogen and oxygen atoms in total. The van der Waals surface area contributed by atoms with Crippen LogP contribution >= 0.6 is 0 Å². The number of rotatable bonds is 2. The number of guanidine groups is 1. The van der Waals surface area contributed by atoms with Crippen LogP contribution in [0.15, 0.2) is 4.99 Å². The molecule has 3 fully saturated rings. The van der Waals surface area contributed by atoms with Crippen molar-refractivity contribution in [1.29, 1.82) is 0 Å². The molecule has 0 aromatic rings. The maximum absolute atomic E-state index is 12.3. The van der Waals surface area contributed by atoms with Crippen molar-refractivity contribution >= 4 is 15.8 Å². The fourth-order valence-corrected chi connectivity index (χ4v) is 5.83. The summed E-state index contributed by atoms with van der Waals surface area (Å²) in [5.41, 5.74) is 0.0764. The molecular weight excluding hydrogens is 326 g/mol.